The minimum atomic E-state index is -1.02. The molecule has 0 aromatic carbocycles. The molecule has 0 radical (unpaired) electrons. The summed E-state index contributed by atoms with van der Waals surface area (Å²) in [5, 5.41) is 9.17. The van der Waals surface area contributed by atoms with E-state index in [1.165, 1.54) is 11.3 Å². The van der Waals surface area contributed by atoms with Crippen LogP contribution >= 0.6 is 27.3 Å². The Hall–Kier alpha value is -0.880. The number of hydrogen-bond acceptors (Lipinski definition) is 4. The Morgan fingerprint density at radius 1 is 1.44 bits per heavy atom. The lowest BCUT2D eigenvalue weighted by Gasteiger charge is -2.20. The summed E-state index contributed by atoms with van der Waals surface area (Å²) in [4.78, 5) is 23.5. The Bertz CT molecular complexity index is 447. The molecule has 1 atom stereocenters. The van der Waals surface area contributed by atoms with Crippen LogP contribution in [0.5, 0.6) is 0 Å². The predicted octanol–water partition coefficient (Wildman–Crippen LogP) is 3.41. The Morgan fingerprint density at radius 3 is 2.44 bits per heavy atom. The second-order valence-corrected chi connectivity index (χ2v) is 7.32. The minimum absolute atomic E-state index is 0.153. The van der Waals surface area contributed by atoms with Crippen LogP contribution in [0.1, 0.15) is 38.0 Å². The molecule has 1 rings (SSSR count). The van der Waals surface area contributed by atoms with E-state index in [1.807, 2.05) is 0 Å². The van der Waals surface area contributed by atoms with Gasteiger partial charge >= 0.3 is 11.9 Å². The Labute approximate surface area is 118 Å². The van der Waals surface area contributed by atoms with E-state index >= 15 is 0 Å². The number of hydrogen-bond donors (Lipinski definition) is 1. The third-order valence-electron chi connectivity index (χ3n) is 2.03. The molecule has 0 aliphatic heterocycles. The van der Waals surface area contributed by atoms with Crippen molar-refractivity contribution >= 4 is 39.2 Å². The van der Waals surface area contributed by atoms with Crippen molar-refractivity contribution in [3.8, 4) is 0 Å². The van der Waals surface area contributed by atoms with Crippen molar-refractivity contribution in [3.05, 3.63) is 20.8 Å². The molecule has 0 saturated carbocycles. The summed E-state index contributed by atoms with van der Waals surface area (Å²) in [6.45, 7) is 5.26. The fraction of sp³-hybridized carbons (Fsp3) is 0.500. The topological polar surface area (TPSA) is 63.6 Å². The molecule has 0 amide bonds. The van der Waals surface area contributed by atoms with Gasteiger partial charge in [0, 0.05) is 4.88 Å². The van der Waals surface area contributed by atoms with Crippen LogP contribution in [0.4, 0.5) is 0 Å². The number of rotatable bonds is 4. The van der Waals surface area contributed by atoms with E-state index in [1.54, 1.807) is 32.9 Å². The van der Waals surface area contributed by atoms with Gasteiger partial charge in [0.25, 0.3) is 0 Å². The maximum atomic E-state index is 11.7. The molecule has 100 valence electrons. The Morgan fingerprint density at radius 2 is 2.06 bits per heavy atom. The first-order valence-corrected chi connectivity index (χ1v) is 7.00. The Balaban J connectivity index is 2.76. The molecule has 0 aliphatic carbocycles. The highest BCUT2D eigenvalue weighted by Crippen LogP contribution is 2.31. The zero-order chi connectivity index (χ0) is 13.9. The molecular weight excluding hydrogens is 320 g/mol. The van der Waals surface area contributed by atoms with E-state index < -0.39 is 23.5 Å². The van der Waals surface area contributed by atoms with Gasteiger partial charge in [0.2, 0.25) is 0 Å². The first kappa shape index (κ1) is 15.2. The molecule has 18 heavy (non-hydrogen) atoms. The minimum Gasteiger partial charge on any atom is -0.481 e. The van der Waals surface area contributed by atoms with Crippen molar-refractivity contribution in [2.24, 2.45) is 0 Å². The van der Waals surface area contributed by atoms with Crippen LogP contribution in [0.15, 0.2) is 15.9 Å². The molecule has 0 saturated heterocycles. The summed E-state index contributed by atoms with van der Waals surface area (Å²) in [5.41, 5.74) is -0.601. The van der Waals surface area contributed by atoms with Crippen molar-refractivity contribution in [1.29, 1.82) is 0 Å². The second kappa shape index (κ2) is 5.84. The maximum absolute atomic E-state index is 11.7. The summed E-state index contributed by atoms with van der Waals surface area (Å²) in [7, 11) is 0. The average Bonchev–Trinajstić information content (AvgIpc) is 2.57. The standard InChI is InChI=1S/C12H15BrO4S/c1-12(2,3)17-10(14)6-7(11(15)16)8-4-5-9(13)18-8/h4-5,7H,6H2,1-3H3,(H,15,16)/t7-/m0/s1. The molecule has 0 unspecified atom stereocenters. The van der Waals surface area contributed by atoms with Gasteiger partial charge in [-0.05, 0) is 48.8 Å². The monoisotopic (exact) mass is 334 g/mol. The van der Waals surface area contributed by atoms with E-state index in [-0.39, 0.29) is 6.42 Å². The third-order valence-corrected chi connectivity index (χ3v) is 3.76. The van der Waals surface area contributed by atoms with Gasteiger partial charge in [0.1, 0.15) is 11.5 Å². The fourth-order valence-corrected chi connectivity index (χ4v) is 2.89. The van der Waals surface area contributed by atoms with Crippen molar-refractivity contribution in [3.63, 3.8) is 0 Å². The van der Waals surface area contributed by atoms with Gasteiger partial charge in [-0.1, -0.05) is 0 Å². The van der Waals surface area contributed by atoms with Gasteiger partial charge in [0.05, 0.1) is 10.2 Å². The van der Waals surface area contributed by atoms with Crippen LogP contribution in [-0.4, -0.2) is 22.6 Å². The van der Waals surface area contributed by atoms with E-state index in [0.717, 1.165) is 3.79 Å². The zero-order valence-corrected chi connectivity index (χ0v) is 12.8. The smallest absolute Gasteiger partial charge is 0.312 e. The van der Waals surface area contributed by atoms with Gasteiger partial charge < -0.3 is 9.84 Å². The summed E-state index contributed by atoms with van der Waals surface area (Å²) in [6, 6.07) is 3.48. The molecule has 1 aromatic heterocycles. The number of halogens is 1. The number of aliphatic carboxylic acids is 1. The lowest BCUT2D eigenvalue weighted by Crippen LogP contribution is -2.26. The summed E-state index contributed by atoms with van der Waals surface area (Å²) in [6.07, 6.45) is -0.153. The fourth-order valence-electron chi connectivity index (χ4n) is 1.37. The number of ether oxygens (including phenoxy) is 1. The number of carbonyl (C=O) groups is 2. The second-order valence-electron chi connectivity index (χ2n) is 4.82. The number of carboxylic acid groups (broad SMARTS) is 1. The highest BCUT2D eigenvalue weighted by molar-refractivity contribution is 9.11. The van der Waals surface area contributed by atoms with E-state index in [9.17, 15) is 9.59 Å². The molecule has 1 N–H and O–H groups in total. The van der Waals surface area contributed by atoms with Crippen molar-refractivity contribution in [2.75, 3.05) is 0 Å². The number of carboxylic acids is 1. The van der Waals surface area contributed by atoms with Crippen molar-refractivity contribution in [2.45, 2.75) is 38.7 Å². The summed E-state index contributed by atoms with van der Waals surface area (Å²) >= 11 is 4.59. The van der Waals surface area contributed by atoms with Crippen molar-refractivity contribution < 1.29 is 19.4 Å². The SMILES string of the molecule is CC(C)(C)OC(=O)C[C@H](C(=O)O)c1ccc(Br)s1. The predicted molar refractivity (Wildman–Crippen MR) is 72.9 cm³/mol. The molecule has 0 spiro atoms. The van der Waals surface area contributed by atoms with Gasteiger partial charge in [0.15, 0.2) is 0 Å². The first-order chi connectivity index (χ1) is 8.19. The summed E-state index contributed by atoms with van der Waals surface area (Å²) < 4.78 is 5.98. The van der Waals surface area contributed by atoms with Gasteiger partial charge in [-0.2, -0.15) is 0 Å². The van der Waals surface area contributed by atoms with E-state index in [0.29, 0.717) is 4.88 Å². The number of esters is 1. The largest absolute Gasteiger partial charge is 0.481 e. The first-order valence-electron chi connectivity index (χ1n) is 5.39. The van der Waals surface area contributed by atoms with E-state index in [4.69, 9.17) is 9.84 Å². The summed E-state index contributed by atoms with van der Waals surface area (Å²) in [5.74, 6) is -2.37. The van der Waals surface area contributed by atoms with Crippen LogP contribution < -0.4 is 0 Å². The number of carbonyl (C=O) groups excluding carboxylic acids is 1. The Kier molecular flexibility index (Phi) is 4.92. The van der Waals surface area contributed by atoms with Crippen LogP contribution in [-0.2, 0) is 14.3 Å². The van der Waals surface area contributed by atoms with Crippen molar-refractivity contribution in [1.82, 2.24) is 0 Å². The van der Waals surface area contributed by atoms with Crippen LogP contribution in [0.2, 0.25) is 0 Å². The van der Waals surface area contributed by atoms with Gasteiger partial charge in [-0.15, -0.1) is 11.3 Å². The van der Waals surface area contributed by atoms with Crippen LogP contribution in [0.25, 0.3) is 0 Å². The normalized spacial score (nSPS) is 13.1. The molecule has 1 aromatic rings. The molecule has 0 aliphatic rings. The molecule has 1 heterocycles. The average molecular weight is 335 g/mol. The zero-order valence-electron chi connectivity index (χ0n) is 10.4. The molecule has 6 heteroatoms. The highest BCUT2D eigenvalue weighted by Gasteiger charge is 2.27. The van der Waals surface area contributed by atoms with Crippen LogP contribution in [0.3, 0.4) is 0 Å². The van der Waals surface area contributed by atoms with Gasteiger partial charge in [-0.25, -0.2) is 0 Å². The quantitative estimate of drug-likeness (QED) is 0.857. The molecule has 0 fully saturated rings. The van der Waals surface area contributed by atoms with E-state index in [2.05, 4.69) is 15.9 Å². The molecule has 4 nitrogen and oxygen atoms in total. The third kappa shape index (κ3) is 4.78. The maximum Gasteiger partial charge on any atom is 0.312 e. The van der Waals surface area contributed by atoms with Crippen LogP contribution in [0, 0.1) is 0 Å². The lowest BCUT2D eigenvalue weighted by atomic mass is 10.0. The highest BCUT2D eigenvalue weighted by atomic mass is 79.9. The molecular formula is C12H15BrO4S. The number of thiophene rings is 1. The lowest BCUT2D eigenvalue weighted by molar-refractivity contribution is -0.158. The molecule has 0 bridgehead atoms. The van der Waals surface area contributed by atoms with Gasteiger partial charge in [-0.3, -0.25) is 9.59 Å².